The van der Waals surface area contributed by atoms with E-state index in [9.17, 15) is 9.18 Å². The first-order chi connectivity index (χ1) is 14.6. The van der Waals surface area contributed by atoms with Crippen molar-refractivity contribution in [3.05, 3.63) is 95.4 Å². The summed E-state index contributed by atoms with van der Waals surface area (Å²) in [5.74, 6) is 0.981. The molecule has 3 aromatic rings. The van der Waals surface area contributed by atoms with E-state index in [2.05, 4.69) is 4.99 Å². The molecule has 0 spiro atoms. The number of anilines is 1. The van der Waals surface area contributed by atoms with Crippen LogP contribution in [0.15, 0.2) is 83.5 Å². The molecule has 0 saturated heterocycles. The van der Waals surface area contributed by atoms with Gasteiger partial charge >= 0.3 is 0 Å². The third kappa shape index (κ3) is 3.67. The van der Waals surface area contributed by atoms with E-state index < -0.39 is 0 Å². The maximum Gasteiger partial charge on any atom is 0.282 e. The highest BCUT2D eigenvalue weighted by atomic mass is 19.1. The topological polar surface area (TPSA) is 51.1 Å². The van der Waals surface area contributed by atoms with Crippen LogP contribution in [0.3, 0.4) is 0 Å². The van der Waals surface area contributed by atoms with Crippen molar-refractivity contribution in [2.75, 3.05) is 19.1 Å². The van der Waals surface area contributed by atoms with Gasteiger partial charge in [-0.3, -0.25) is 9.69 Å². The molecule has 1 amide bonds. The molecule has 4 rings (SSSR count). The fourth-order valence-electron chi connectivity index (χ4n) is 3.25. The molecule has 1 aliphatic rings. The third-order valence-corrected chi connectivity index (χ3v) is 4.69. The zero-order valence-corrected chi connectivity index (χ0v) is 16.5. The molecular weight excluding hydrogens is 383 g/mol. The Morgan fingerprint density at radius 2 is 1.70 bits per heavy atom. The van der Waals surface area contributed by atoms with Gasteiger partial charge in [0.25, 0.3) is 5.91 Å². The SMILES string of the molecule is COc1cccc(/C=C2/N=C(c3ccccc3OC)N(c3ccc(F)cc3)C2=O)c1. The molecule has 6 heteroatoms. The van der Waals surface area contributed by atoms with E-state index in [0.29, 0.717) is 28.6 Å². The molecule has 1 heterocycles. The number of hydrogen-bond donors (Lipinski definition) is 0. The largest absolute Gasteiger partial charge is 0.497 e. The summed E-state index contributed by atoms with van der Waals surface area (Å²) in [5, 5.41) is 0. The Kier molecular flexibility index (Phi) is 5.30. The van der Waals surface area contributed by atoms with Gasteiger partial charge in [-0.05, 0) is 60.2 Å². The van der Waals surface area contributed by atoms with Gasteiger partial charge in [-0.15, -0.1) is 0 Å². The molecule has 0 N–H and O–H groups in total. The number of ether oxygens (including phenoxy) is 2. The number of amides is 1. The van der Waals surface area contributed by atoms with Gasteiger partial charge < -0.3 is 9.47 Å². The monoisotopic (exact) mass is 402 g/mol. The van der Waals surface area contributed by atoms with Crippen LogP contribution in [0.5, 0.6) is 11.5 Å². The maximum atomic E-state index is 13.5. The Morgan fingerprint density at radius 3 is 2.43 bits per heavy atom. The Labute approximate surface area is 173 Å². The van der Waals surface area contributed by atoms with Gasteiger partial charge in [-0.2, -0.15) is 0 Å². The molecule has 3 aromatic carbocycles. The van der Waals surface area contributed by atoms with Crippen molar-refractivity contribution >= 4 is 23.5 Å². The quantitative estimate of drug-likeness (QED) is 0.583. The summed E-state index contributed by atoms with van der Waals surface area (Å²) in [6.07, 6.45) is 1.70. The van der Waals surface area contributed by atoms with Crippen molar-refractivity contribution in [1.82, 2.24) is 0 Å². The second kappa shape index (κ2) is 8.21. The first kappa shape index (κ1) is 19.4. The highest BCUT2D eigenvalue weighted by Gasteiger charge is 2.33. The van der Waals surface area contributed by atoms with Gasteiger partial charge in [0.2, 0.25) is 0 Å². The Hall–Kier alpha value is -3.93. The molecule has 0 aliphatic carbocycles. The summed E-state index contributed by atoms with van der Waals surface area (Å²) in [6, 6.07) is 20.4. The summed E-state index contributed by atoms with van der Waals surface area (Å²) in [4.78, 5) is 19.4. The average Bonchev–Trinajstić information content (AvgIpc) is 3.10. The molecule has 0 unspecified atom stereocenters. The number of benzene rings is 3. The summed E-state index contributed by atoms with van der Waals surface area (Å²) >= 11 is 0. The molecule has 0 radical (unpaired) electrons. The smallest absolute Gasteiger partial charge is 0.282 e. The van der Waals surface area contributed by atoms with Crippen LogP contribution in [0.4, 0.5) is 10.1 Å². The Bertz CT molecular complexity index is 1150. The minimum Gasteiger partial charge on any atom is -0.497 e. The minimum atomic E-state index is -0.381. The standard InChI is InChI=1S/C24H19FN2O3/c1-29-19-7-5-6-16(14-19)15-21-24(28)27(18-12-10-17(25)11-13-18)23(26-21)20-8-3-4-9-22(20)30-2/h3-15H,1-2H3/b21-15+. The van der Waals surface area contributed by atoms with E-state index in [4.69, 9.17) is 9.47 Å². The fraction of sp³-hybridized carbons (Fsp3) is 0.0833. The van der Waals surface area contributed by atoms with Crippen molar-refractivity contribution in [1.29, 1.82) is 0 Å². The first-order valence-electron chi connectivity index (χ1n) is 9.28. The molecule has 0 bridgehead atoms. The lowest BCUT2D eigenvalue weighted by Gasteiger charge is -2.19. The van der Waals surface area contributed by atoms with Crippen LogP contribution in [0, 0.1) is 5.82 Å². The third-order valence-electron chi connectivity index (χ3n) is 4.69. The summed E-state index contributed by atoms with van der Waals surface area (Å²) in [5.41, 5.74) is 2.21. The van der Waals surface area contributed by atoms with Gasteiger partial charge in [0.1, 0.15) is 23.0 Å². The van der Waals surface area contributed by atoms with Crippen LogP contribution < -0.4 is 14.4 Å². The lowest BCUT2D eigenvalue weighted by Crippen LogP contribution is -2.32. The number of aliphatic imine (C=N–C) groups is 1. The van der Waals surface area contributed by atoms with Crippen LogP contribution >= 0.6 is 0 Å². The summed E-state index contributed by atoms with van der Waals surface area (Å²) < 4.78 is 24.2. The number of methoxy groups -OCH3 is 2. The molecule has 0 aromatic heterocycles. The van der Waals surface area contributed by atoms with Gasteiger partial charge in [0.15, 0.2) is 5.84 Å². The van der Waals surface area contributed by atoms with Crippen LogP contribution in [0.2, 0.25) is 0 Å². The molecule has 30 heavy (non-hydrogen) atoms. The average molecular weight is 402 g/mol. The normalized spacial score (nSPS) is 14.8. The van der Waals surface area contributed by atoms with Gasteiger partial charge in [0.05, 0.1) is 25.5 Å². The molecule has 5 nitrogen and oxygen atoms in total. The molecule has 1 aliphatic heterocycles. The number of amidine groups is 1. The number of nitrogens with zero attached hydrogens (tertiary/aromatic N) is 2. The zero-order chi connectivity index (χ0) is 21.1. The second-order valence-corrected chi connectivity index (χ2v) is 6.56. The zero-order valence-electron chi connectivity index (χ0n) is 16.5. The number of para-hydroxylation sites is 1. The highest BCUT2D eigenvalue weighted by molar-refractivity contribution is 6.33. The van der Waals surface area contributed by atoms with E-state index >= 15 is 0 Å². The lowest BCUT2D eigenvalue weighted by atomic mass is 10.1. The molecule has 0 fully saturated rings. The van der Waals surface area contributed by atoms with Crippen LogP contribution in [-0.4, -0.2) is 26.0 Å². The van der Waals surface area contributed by atoms with Crippen molar-refractivity contribution in [2.45, 2.75) is 0 Å². The second-order valence-electron chi connectivity index (χ2n) is 6.56. The number of carbonyl (C=O) groups is 1. The van der Waals surface area contributed by atoms with Crippen molar-refractivity contribution < 1.29 is 18.7 Å². The minimum absolute atomic E-state index is 0.258. The summed E-state index contributed by atoms with van der Waals surface area (Å²) in [6.45, 7) is 0. The predicted octanol–water partition coefficient (Wildman–Crippen LogP) is 4.68. The van der Waals surface area contributed by atoms with Crippen LogP contribution in [0.1, 0.15) is 11.1 Å². The molecular formula is C24H19FN2O3. The van der Waals surface area contributed by atoms with Crippen molar-refractivity contribution in [3.8, 4) is 11.5 Å². The number of carbonyl (C=O) groups excluding carboxylic acids is 1. The van der Waals surface area contributed by atoms with Crippen LogP contribution in [-0.2, 0) is 4.79 Å². The van der Waals surface area contributed by atoms with E-state index in [0.717, 1.165) is 5.56 Å². The van der Waals surface area contributed by atoms with E-state index in [1.54, 1.807) is 38.5 Å². The number of rotatable bonds is 5. The molecule has 0 saturated carbocycles. The number of hydrogen-bond acceptors (Lipinski definition) is 4. The summed E-state index contributed by atoms with van der Waals surface area (Å²) in [7, 11) is 3.15. The lowest BCUT2D eigenvalue weighted by molar-refractivity contribution is -0.113. The van der Waals surface area contributed by atoms with Crippen LogP contribution in [0.25, 0.3) is 6.08 Å². The Morgan fingerprint density at radius 1 is 0.933 bits per heavy atom. The van der Waals surface area contributed by atoms with Gasteiger partial charge in [-0.25, -0.2) is 9.38 Å². The van der Waals surface area contributed by atoms with Crippen molar-refractivity contribution in [2.24, 2.45) is 4.99 Å². The first-order valence-corrected chi connectivity index (χ1v) is 9.28. The van der Waals surface area contributed by atoms with E-state index in [1.165, 1.54) is 17.0 Å². The van der Waals surface area contributed by atoms with Gasteiger partial charge in [0, 0.05) is 0 Å². The molecule has 0 atom stereocenters. The molecule has 150 valence electrons. The fourth-order valence-corrected chi connectivity index (χ4v) is 3.25. The predicted molar refractivity (Wildman–Crippen MR) is 114 cm³/mol. The van der Waals surface area contributed by atoms with Crippen molar-refractivity contribution in [3.63, 3.8) is 0 Å². The van der Waals surface area contributed by atoms with Gasteiger partial charge in [-0.1, -0.05) is 24.3 Å². The highest BCUT2D eigenvalue weighted by Crippen LogP contribution is 2.31. The number of halogens is 1. The Balaban J connectivity index is 1.85. The van der Waals surface area contributed by atoms with E-state index in [-0.39, 0.29) is 17.4 Å². The maximum absolute atomic E-state index is 13.5. The van der Waals surface area contributed by atoms with E-state index in [1.807, 2.05) is 42.5 Å².